The van der Waals surface area contributed by atoms with E-state index in [0.29, 0.717) is 0 Å². The summed E-state index contributed by atoms with van der Waals surface area (Å²) >= 11 is 0. The number of fused-ring (bicyclic) bond motifs is 2. The molecule has 4 rings (SSSR count). The lowest BCUT2D eigenvalue weighted by atomic mass is 10.0. The van der Waals surface area contributed by atoms with Crippen LogP contribution >= 0.6 is 0 Å². The van der Waals surface area contributed by atoms with Gasteiger partial charge in [-0.2, -0.15) is 0 Å². The Labute approximate surface area is 123 Å². The smallest absolute Gasteiger partial charge is 0.131 e. The molecule has 1 heterocycles. The Hall–Kier alpha value is -2.74. The number of ether oxygens (including phenoxy) is 2. The van der Waals surface area contributed by atoms with Crippen LogP contribution in [0.2, 0.25) is 0 Å². The van der Waals surface area contributed by atoms with E-state index in [-0.39, 0.29) is 0 Å². The van der Waals surface area contributed by atoms with E-state index in [1.165, 1.54) is 5.56 Å². The molecule has 0 bridgehead atoms. The number of para-hydroxylation sites is 2. The van der Waals surface area contributed by atoms with Crippen molar-refractivity contribution in [1.82, 2.24) is 0 Å². The molecule has 0 aliphatic carbocycles. The summed E-state index contributed by atoms with van der Waals surface area (Å²) in [5.41, 5.74) is 2.36. The zero-order valence-electron chi connectivity index (χ0n) is 11.5. The quantitative estimate of drug-likeness (QED) is 0.501. The molecule has 0 spiro atoms. The zero-order valence-corrected chi connectivity index (χ0v) is 11.5. The van der Waals surface area contributed by atoms with Crippen molar-refractivity contribution < 1.29 is 9.47 Å². The third-order valence-electron chi connectivity index (χ3n) is 3.58. The highest BCUT2D eigenvalue weighted by Crippen LogP contribution is 2.38. The summed E-state index contributed by atoms with van der Waals surface area (Å²) in [5, 5.41) is 0. The van der Waals surface area contributed by atoms with Gasteiger partial charge in [0.2, 0.25) is 0 Å². The molecule has 0 radical (unpaired) electrons. The second-order valence-electron chi connectivity index (χ2n) is 5.07. The molecular weight excluding hydrogens is 260 g/mol. The predicted molar refractivity (Wildman–Crippen MR) is 82.3 cm³/mol. The Morgan fingerprint density at radius 3 is 2.33 bits per heavy atom. The third kappa shape index (κ3) is 2.36. The zero-order chi connectivity index (χ0) is 14.1. The minimum absolute atomic E-state index is 0.836. The monoisotopic (exact) mass is 274 g/mol. The summed E-state index contributed by atoms with van der Waals surface area (Å²) < 4.78 is 11.8. The molecule has 3 aromatic rings. The van der Waals surface area contributed by atoms with Crippen molar-refractivity contribution in [2.75, 3.05) is 0 Å². The molecule has 102 valence electrons. The molecule has 0 unspecified atom stereocenters. The average Bonchev–Trinajstić information content (AvgIpc) is 2.54. The van der Waals surface area contributed by atoms with E-state index in [1.54, 1.807) is 0 Å². The minimum Gasteiger partial charge on any atom is -0.457 e. The van der Waals surface area contributed by atoms with Gasteiger partial charge in [-0.1, -0.05) is 36.4 Å². The first-order valence-electron chi connectivity index (χ1n) is 7.00. The van der Waals surface area contributed by atoms with Crippen LogP contribution in [0.3, 0.4) is 0 Å². The second-order valence-corrected chi connectivity index (χ2v) is 5.07. The number of hydrogen-bond donors (Lipinski definition) is 0. The first-order chi connectivity index (χ1) is 10.4. The van der Waals surface area contributed by atoms with Crippen LogP contribution in [-0.2, 0) is 6.42 Å². The van der Waals surface area contributed by atoms with Gasteiger partial charge in [-0.3, -0.25) is 0 Å². The van der Waals surface area contributed by atoms with Gasteiger partial charge in [0.1, 0.15) is 23.0 Å². The molecule has 0 saturated heterocycles. The second kappa shape index (κ2) is 4.98. The maximum atomic E-state index is 5.93. The predicted octanol–water partition coefficient (Wildman–Crippen LogP) is 5.18. The van der Waals surface area contributed by atoms with Crippen molar-refractivity contribution in [2.24, 2.45) is 0 Å². The average molecular weight is 274 g/mol. The van der Waals surface area contributed by atoms with Crippen LogP contribution in [0.15, 0.2) is 72.8 Å². The number of hydrogen-bond acceptors (Lipinski definition) is 2. The summed E-state index contributed by atoms with van der Waals surface area (Å²) in [5.74, 6) is 3.54. The van der Waals surface area contributed by atoms with Crippen molar-refractivity contribution in [3.8, 4) is 23.0 Å². The van der Waals surface area contributed by atoms with Gasteiger partial charge >= 0.3 is 0 Å². The Kier molecular flexibility index (Phi) is 2.86. The van der Waals surface area contributed by atoms with Gasteiger partial charge in [-0.25, -0.2) is 0 Å². The van der Waals surface area contributed by atoms with Crippen LogP contribution in [0.1, 0.15) is 11.1 Å². The minimum atomic E-state index is 0.836. The highest BCUT2D eigenvalue weighted by molar-refractivity contribution is 5.52. The van der Waals surface area contributed by atoms with Gasteiger partial charge < -0.3 is 9.47 Å². The normalized spacial score (nSPS) is 12.0. The molecule has 0 fully saturated rings. The maximum Gasteiger partial charge on any atom is 0.131 e. The molecule has 3 aromatic carbocycles. The number of rotatable bonds is 2. The van der Waals surface area contributed by atoms with Gasteiger partial charge in [0.25, 0.3) is 0 Å². The summed E-state index contributed by atoms with van der Waals surface area (Å²) in [6.45, 7) is 0. The lowest BCUT2D eigenvalue weighted by Gasteiger charge is -2.20. The van der Waals surface area contributed by atoms with E-state index < -0.39 is 0 Å². The van der Waals surface area contributed by atoms with E-state index in [4.69, 9.17) is 9.47 Å². The van der Waals surface area contributed by atoms with Crippen molar-refractivity contribution in [3.05, 3.63) is 83.9 Å². The van der Waals surface area contributed by atoms with Crippen molar-refractivity contribution in [3.63, 3.8) is 0 Å². The van der Waals surface area contributed by atoms with Crippen LogP contribution in [0.4, 0.5) is 0 Å². The van der Waals surface area contributed by atoms with Crippen LogP contribution < -0.4 is 9.47 Å². The van der Waals surface area contributed by atoms with Gasteiger partial charge in [0.05, 0.1) is 0 Å². The fourth-order valence-electron chi connectivity index (χ4n) is 2.55. The largest absolute Gasteiger partial charge is 0.457 e. The van der Waals surface area contributed by atoms with Crippen LogP contribution in [0.5, 0.6) is 23.0 Å². The molecule has 2 heteroatoms. The third-order valence-corrected chi connectivity index (χ3v) is 3.58. The van der Waals surface area contributed by atoms with Crippen molar-refractivity contribution in [1.29, 1.82) is 0 Å². The van der Waals surface area contributed by atoms with Gasteiger partial charge in [0, 0.05) is 12.0 Å². The molecular formula is C19H14O2. The van der Waals surface area contributed by atoms with Gasteiger partial charge in [0.15, 0.2) is 0 Å². The molecule has 1 aliphatic heterocycles. The molecule has 1 aliphatic rings. The Morgan fingerprint density at radius 2 is 1.43 bits per heavy atom. The Morgan fingerprint density at radius 1 is 0.667 bits per heavy atom. The Balaban J connectivity index is 1.64. The molecule has 0 aromatic heterocycles. The summed E-state index contributed by atoms with van der Waals surface area (Å²) in [7, 11) is 0. The molecule has 2 nitrogen and oxygen atoms in total. The molecule has 0 saturated carbocycles. The Bertz CT molecular complexity index is 779. The summed E-state index contributed by atoms with van der Waals surface area (Å²) in [4.78, 5) is 0. The van der Waals surface area contributed by atoms with E-state index in [9.17, 15) is 0 Å². The van der Waals surface area contributed by atoms with E-state index in [2.05, 4.69) is 12.1 Å². The number of benzene rings is 3. The maximum absolute atomic E-state index is 5.93. The fraction of sp³-hybridized carbons (Fsp3) is 0.0526. The molecule has 0 N–H and O–H groups in total. The molecule has 21 heavy (non-hydrogen) atoms. The fourth-order valence-corrected chi connectivity index (χ4v) is 2.55. The van der Waals surface area contributed by atoms with E-state index in [0.717, 1.165) is 35.0 Å². The first kappa shape index (κ1) is 12.0. The van der Waals surface area contributed by atoms with Crippen molar-refractivity contribution in [2.45, 2.75) is 6.42 Å². The standard InChI is InChI=1S/C19H14O2/c1-2-7-16(8-3-1)20-17-10-11-19-15(13-17)12-14-6-4-5-9-18(14)21-19/h1-11,13H,12H2. The lowest BCUT2D eigenvalue weighted by Crippen LogP contribution is -2.02. The SMILES string of the molecule is c1ccc(Oc2ccc3c(c2)Cc2ccccc2O3)cc1. The van der Waals surface area contributed by atoms with Crippen LogP contribution in [-0.4, -0.2) is 0 Å². The van der Waals surface area contributed by atoms with E-state index >= 15 is 0 Å². The van der Waals surface area contributed by atoms with Crippen LogP contribution in [0, 0.1) is 0 Å². The summed E-state index contributed by atoms with van der Waals surface area (Å²) in [6.07, 6.45) is 0.873. The lowest BCUT2D eigenvalue weighted by molar-refractivity contribution is 0.451. The first-order valence-corrected chi connectivity index (χ1v) is 7.00. The van der Waals surface area contributed by atoms with Gasteiger partial charge in [-0.05, 0) is 42.0 Å². The van der Waals surface area contributed by atoms with Crippen LogP contribution in [0.25, 0.3) is 0 Å². The highest BCUT2D eigenvalue weighted by atomic mass is 16.5. The van der Waals surface area contributed by atoms with Gasteiger partial charge in [-0.15, -0.1) is 0 Å². The van der Waals surface area contributed by atoms with Crippen molar-refractivity contribution >= 4 is 0 Å². The molecule has 0 atom stereocenters. The summed E-state index contributed by atoms with van der Waals surface area (Å²) in [6, 6.07) is 23.9. The molecule has 0 amide bonds. The highest BCUT2D eigenvalue weighted by Gasteiger charge is 2.16. The topological polar surface area (TPSA) is 18.5 Å². The van der Waals surface area contributed by atoms with E-state index in [1.807, 2.05) is 60.7 Å².